The van der Waals surface area contributed by atoms with Gasteiger partial charge in [0.15, 0.2) is 5.13 Å². The van der Waals surface area contributed by atoms with Crippen molar-refractivity contribution in [1.82, 2.24) is 9.97 Å². The highest BCUT2D eigenvalue weighted by Gasteiger charge is 2.13. The van der Waals surface area contributed by atoms with Gasteiger partial charge in [0.25, 0.3) is 5.91 Å². The van der Waals surface area contributed by atoms with Crippen LogP contribution in [0.1, 0.15) is 10.4 Å². The Hall–Kier alpha value is -2.05. The van der Waals surface area contributed by atoms with Gasteiger partial charge in [0, 0.05) is 6.20 Å². The molecular formula is C13H7ClFN3OS. The summed E-state index contributed by atoms with van der Waals surface area (Å²) in [5.74, 6) is -0.739. The van der Waals surface area contributed by atoms with Crippen molar-refractivity contribution in [2.75, 3.05) is 5.32 Å². The molecule has 2 aromatic heterocycles. The number of aromatic nitrogens is 2. The maximum absolute atomic E-state index is 13.1. The number of benzene rings is 1. The Morgan fingerprint density at radius 3 is 3.00 bits per heavy atom. The molecule has 0 saturated carbocycles. The van der Waals surface area contributed by atoms with Crippen molar-refractivity contribution < 1.29 is 9.18 Å². The molecule has 1 amide bonds. The van der Waals surface area contributed by atoms with E-state index in [2.05, 4.69) is 15.3 Å². The Morgan fingerprint density at radius 1 is 1.35 bits per heavy atom. The third kappa shape index (κ3) is 2.48. The zero-order chi connectivity index (χ0) is 14.1. The molecule has 0 atom stereocenters. The standard InChI is InChI=1S/C13H7ClFN3OS/c14-11-8(2-1-5-16-11)12(19)18-13-17-9-4-3-7(15)6-10(9)20-13/h1-6H,(H,17,18,19). The molecule has 0 aliphatic rings. The molecule has 3 aromatic rings. The van der Waals surface area contributed by atoms with Crippen LogP contribution < -0.4 is 5.32 Å². The van der Waals surface area contributed by atoms with E-state index in [1.807, 2.05) is 0 Å². The van der Waals surface area contributed by atoms with Gasteiger partial charge < -0.3 is 0 Å². The van der Waals surface area contributed by atoms with Crippen LogP contribution in [0.3, 0.4) is 0 Å². The Bertz CT molecular complexity index is 805. The maximum atomic E-state index is 13.1. The third-order valence-electron chi connectivity index (χ3n) is 2.57. The molecule has 2 heterocycles. The zero-order valence-corrected chi connectivity index (χ0v) is 11.5. The fourth-order valence-corrected chi connectivity index (χ4v) is 2.76. The maximum Gasteiger partial charge on any atom is 0.260 e. The summed E-state index contributed by atoms with van der Waals surface area (Å²) in [5, 5.41) is 3.14. The van der Waals surface area contributed by atoms with E-state index in [9.17, 15) is 9.18 Å². The van der Waals surface area contributed by atoms with Crippen LogP contribution in [0.2, 0.25) is 5.15 Å². The minimum absolute atomic E-state index is 0.122. The molecule has 1 aromatic carbocycles. The van der Waals surface area contributed by atoms with Crippen LogP contribution >= 0.6 is 22.9 Å². The average Bonchev–Trinajstić information content (AvgIpc) is 2.80. The molecule has 0 fully saturated rings. The number of pyridine rings is 1. The number of carbonyl (C=O) groups is 1. The van der Waals surface area contributed by atoms with Crippen molar-refractivity contribution in [3.63, 3.8) is 0 Å². The number of hydrogen-bond donors (Lipinski definition) is 1. The van der Waals surface area contributed by atoms with Crippen LogP contribution in [0.25, 0.3) is 10.2 Å². The van der Waals surface area contributed by atoms with Crippen molar-refractivity contribution >= 4 is 44.2 Å². The Morgan fingerprint density at radius 2 is 2.20 bits per heavy atom. The molecule has 0 aliphatic heterocycles. The van der Waals surface area contributed by atoms with Crippen LogP contribution in [-0.4, -0.2) is 15.9 Å². The lowest BCUT2D eigenvalue weighted by molar-refractivity contribution is 0.102. The predicted molar refractivity (Wildman–Crippen MR) is 76.8 cm³/mol. The van der Waals surface area contributed by atoms with E-state index in [4.69, 9.17) is 11.6 Å². The number of nitrogens with zero attached hydrogens (tertiary/aromatic N) is 2. The van der Waals surface area contributed by atoms with E-state index < -0.39 is 5.91 Å². The summed E-state index contributed by atoms with van der Waals surface area (Å²) in [6.07, 6.45) is 1.50. The van der Waals surface area contributed by atoms with Crippen LogP contribution in [-0.2, 0) is 0 Å². The fourth-order valence-electron chi connectivity index (χ4n) is 1.67. The van der Waals surface area contributed by atoms with Crippen molar-refractivity contribution in [2.24, 2.45) is 0 Å². The van der Waals surface area contributed by atoms with Crippen molar-refractivity contribution in [3.05, 3.63) is 53.1 Å². The quantitative estimate of drug-likeness (QED) is 0.734. The Labute approximate surface area is 122 Å². The second-order valence-electron chi connectivity index (χ2n) is 3.93. The minimum atomic E-state index is -0.400. The minimum Gasteiger partial charge on any atom is -0.298 e. The highest BCUT2D eigenvalue weighted by atomic mass is 35.5. The lowest BCUT2D eigenvalue weighted by atomic mass is 10.3. The van der Waals surface area contributed by atoms with Gasteiger partial charge in [-0.25, -0.2) is 14.4 Å². The number of hydrogen-bond acceptors (Lipinski definition) is 4. The summed E-state index contributed by atoms with van der Waals surface area (Å²) in [6, 6.07) is 7.45. The number of thiazole rings is 1. The molecule has 1 N–H and O–H groups in total. The van der Waals surface area contributed by atoms with Gasteiger partial charge in [-0.2, -0.15) is 0 Å². The molecule has 20 heavy (non-hydrogen) atoms. The van der Waals surface area contributed by atoms with Crippen molar-refractivity contribution in [3.8, 4) is 0 Å². The smallest absolute Gasteiger partial charge is 0.260 e. The summed E-state index contributed by atoms with van der Waals surface area (Å²) in [6.45, 7) is 0. The van der Waals surface area contributed by atoms with Gasteiger partial charge >= 0.3 is 0 Å². The van der Waals surface area contributed by atoms with Crippen LogP contribution in [0.5, 0.6) is 0 Å². The average molecular weight is 308 g/mol. The molecular weight excluding hydrogens is 301 g/mol. The van der Waals surface area contributed by atoms with E-state index in [1.54, 1.807) is 18.2 Å². The summed E-state index contributed by atoms with van der Waals surface area (Å²) in [4.78, 5) is 20.1. The van der Waals surface area contributed by atoms with E-state index in [0.29, 0.717) is 15.3 Å². The first-order valence-corrected chi connectivity index (χ1v) is 6.81. The molecule has 0 bridgehead atoms. The number of carbonyl (C=O) groups excluding carboxylic acids is 1. The largest absolute Gasteiger partial charge is 0.298 e. The van der Waals surface area contributed by atoms with E-state index in [1.165, 1.54) is 29.7 Å². The monoisotopic (exact) mass is 307 g/mol. The number of anilines is 1. The molecule has 4 nitrogen and oxygen atoms in total. The predicted octanol–water partition coefficient (Wildman–Crippen LogP) is 3.74. The third-order valence-corrected chi connectivity index (χ3v) is 3.81. The molecule has 0 unspecified atom stereocenters. The van der Waals surface area contributed by atoms with Crippen LogP contribution in [0.4, 0.5) is 9.52 Å². The number of rotatable bonds is 2. The topological polar surface area (TPSA) is 54.9 Å². The normalized spacial score (nSPS) is 10.7. The van der Waals surface area contributed by atoms with Crippen LogP contribution in [0.15, 0.2) is 36.5 Å². The molecule has 0 spiro atoms. The number of nitrogens with one attached hydrogen (secondary N) is 1. The van der Waals surface area contributed by atoms with E-state index >= 15 is 0 Å². The second-order valence-corrected chi connectivity index (χ2v) is 5.32. The first-order valence-electron chi connectivity index (χ1n) is 5.61. The van der Waals surface area contributed by atoms with Crippen LogP contribution in [0, 0.1) is 5.82 Å². The summed E-state index contributed by atoms with van der Waals surface area (Å²) in [5.41, 5.74) is 0.892. The summed E-state index contributed by atoms with van der Waals surface area (Å²) >= 11 is 7.04. The zero-order valence-electron chi connectivity index (χ0n) is 9.93. The summed E-state index contributed by atoms with van der Waals surface area (Å²) in [7, 11) is 0. The number of fused-ring (bicyclic) bond motifs is 1. The van der Waals surface area contributed by atoms with E-state index in [-0.39, 0.29) is 16.5 Å². The molecule has 7 heteroatoms. The van der Waals surface area contributed by atoms with Crippen molar-refractivity contribution in [2.45, 2.75) is 0 Å². The van der Waals surface area contributed by atoms with Gasteiger partial charge in [0.05, 0.1) is 15.8 Å². The van der Waals surface area contributed by atoms with Crippen molar-refractivity contribution in [1.29, 1.82) is 0 Å². The second kappa shape index (κ2) is 5.15. The molecule has 0 radical (unpaired) electrons. The van der Waals surface area contributed by atoms with Gasteiger partial charge in [-0.15, -0.1) is 0 Å². The van der Waals surface area contributed by atoms with Gasteiger partial charge in [0.1, 0.15) is 11.0 Å². The highest BCUT2D eigenvalue weighted by Crippen LogP contribution is 2.27. The van der Waals surface area contributed by atoms with E-state index in [0.717, 1.165) is 0 Å². The molecule has 0 aliphatic carbocycles. The first-order chi connectivity index (χ1) is 9.63. The van der Waals surface area contributed by atoms with Gasteiger partial charge in [0.2, 0.25) is 0 Å². The SMILES string of the molecule is O=C(Nc1nc2ccc(F)cc2s1)c1cccnc1Cl. The van der Waals surface area contributed by atoms with Gasteiger partial charge in [-0.05, 0) is 30.3 Å². The fraction of sp³-hybridized carbons (Fsp3) is 0. The highest BCUT2D eigenvalue weighted by molar-refractivity contribution is 7.22. The van der Waals surface area contributed by atoms with Gasteiger partial charge in [-0.3, -0.25) is 10.1 Å². The lowest BCUT2D eigenvalue weighted by Crippen LogP contribution is -2.12. The Balaban J connectivity index is 1.89. The lowest BCUT2D eigenvalue weighted by Gasteiger charge is -2.02. The Kier molecular flexibility index (Phi) is 3.33. The molecule has 0 saturated heterocycles. The number of amides is 1. The van der Waals surface area contributed by atoms with Gasteiger partial charge in [-0.1, -0.05) is 22.9 Å². The number of halogens is 2. The molecule has 3 rings (SSSR count). The summed E-state index contributed by atoms with van der Waals surface area (Å²) < 4.78 is 13.8. The first kappa shape index (κ1) is 13.0. The molecule has 100 valence electrons.